The van der Waals surface area contributed by atoms with Crippen LogP contribution in [0, 0.1) is 0 Å². The Kier molecular flexibility index (Phi) is 7.07. The molecule has 0 bridgehead atoms. The highest BCUT2D eigenvalue weighted by Crippen LogP contribution is 2.24. The fourth-order valence-electron chi connectivity index (χ4n) is 4.17. The molecule has 0 spiro atoms. The van der Waals surface area contributed by atoms with E-state index in [0.29, 0.717) is 24.0 Å². The highest BCUT2D eigenvalue weighted by molar-refractivity contribution is 7.91. The lowest BCUT2D eigenvalue weighted by Crippen LogP contribution is -2.40. The summed E-state index contributed by atoms with van der Waals surface area (Å²) in [6.07, 6.45) is 2.03. The lowest BCUT2D eigenvalue weighted by molar-refractivity contribution is 0.0648. The number of nitrogens with zero attached hydrogens (tertiary/aromatic N) is 1. The lowest BCUT2D eigenvalue weighted by atomic mass is 10.1. The van der Waals surface area contributed by atoms with E-state index >= 15 is 0 Å². The Labute approximate surface area is 199 Å². The largest absolute Gasteiger partial charge is 0.494 e. The van der Waals surface area contributed by atoms with Crippen LogP contribution in [-0.4, -0.2) is 43.4 Å². The highest BCUT2D eigenvalue weighted by Gasteiger charge is 2.36. The van der Waals surface area contributed by atoms with Crippen molar-refractivity contribution in [1.82, 2.24) is 4.90 Å². The molecule has 0 aliphatic carbocycles. The molecular weight excluding hydrogens is 454 g/mol. The lowest BCUT2D eigenvalue weighted by Gasteiger charge is -2.28. The molecule has 0 N–H and O–H groups in total. The molecule has 1 fully saturated rings. The van der Waals surface area contributed by atoms with Gasteiger partial charge in [0, 0.05) is 18.7 Å². The van der Waals surface area contributed by atoms with Gasteiger partial charge in [0.15, 0.2) is 21.0 Å². The van der Waals surface area contributed by atoms with E-state index in [1.165, 1.54) is 11.0 Å². The summed E-state index contributed by atoms with van der Waals surface area (Å²) in [6.45, 7) is 4.84. The van der Waals surface area contributed by atoms with Crippen LogP contribution in [0.1, 0.15) is 48.4 Å². The van der Waals surface area contributed by atoms with E-state index < -0.39 is 21.8 Å². The summed E-state index contributed by atoms with van der Waals surface area (Å²) in [5.41, 5.74) is 1.88. The number of fused-ring (bicyclic) bond motifs is 1. The molecule has 1 aliphatic heterocycles. The molecule has 0 radical (unpaired) electrons. The van der Waals surface area contributed by atoms with Crippen LogP contribution in [0.15, 0.2) is 57.7 Å². The summed E-state index contributed by atoms with van der Waals surface area (Å²) in [4.78, 5) is 27.8. The third-order valence-corrected chi connectivity index (χ3v) is 7.82. The van der Waals surface area contributed by atoms with Crippen LogP contribution < -0.4 is 10.2 Å². The maximum absolute atomic E-state index is 13.5. The Morgan fingerprint density at radius 3 is 2.47 bits per heavy atom. The van der Waals surface area contributed by atoms with Crippen LogP contribution in [0.25, 0.3) is 11.0 Å². The molecule has 34 heavy (non-hydrogen) atoms. The highest BCUT2D eigenvalue weighted by atomic mass is 32.2. The van der Waals surface area contributed by atoms with E-state index in [1.54, 1.807) is 12.1 Å². The van der Waals surface area contributed by atoms with Crippen molar-refractivity contribution in [2.45, 2.75) is 45.7 Å². The minimum atomic E-state index is -3.22. The zero-order valence-corrected chi connectivity index (χ0v) is 20.3. The third-order valence-electron chi connectivity index (χ3n) is 6.07. The number of hydrogen-bond donors (Lipinski definition) is 0. The summed E-state index contributed by atoms with van der Waals surface area (Å²) in [5.74, 6) is 0.0840. The zero-order valence-electron chi connectivity index (χ0n) is 19.5. The van der Waals surface area contributed by atoms with Crippen molar-refractivity contribution in [3.05, 3.63) is 75.6 Å². The van der Waals surface area contributed by atoms with Gasteiger partial charge >= 0.3 is 0 Å². The van der Waals surface area contributed by atoms with Crippen molar-refractivity contribution < 1.29 is 22.4 Å². The van der Waals surface area contributed by atoms with Gasteiger partial charge in [-0.05, 0) is 54.7 Å². The van der Waals surface area contributed by atoms with Gasteiger partial charge in [-0.3, -0.25) is 9.59 Å². The molecule has 1 atom stereocenters. The summed E-state index contributed by atoms with van der Waals surface area (Å²) in [5, 5.41) is 0.425. The van der Waals surface area contributed by atoms with Gasteiger partial charge in [0.1, 0.15) is 11.3 Å². The van der Waals surface area contributed by atoms with E-state index in [-0.39, 0.29) is 29.2 Å². The van der Waals surface area contributed by atoms with Crippen molar-refractivity contribution in [2.24, 2.45) is 0 Å². The van der Waals surface area contributed by atoms with Crippen LogP contribution in [0.2, 0.25) is 0 Å². The number of rotatable bonds is 8. The summed E-state index contributed by atoms with van der Waals surface area (Å²) in [6, 6.07) is 13.4. The van der Waals surface area contributed by atoms with Crippen LogP contribution in [0.5, 0.6) is 5.75 Å². The number of hydrogen-bond acceptors (Lipinski definition) is 6. The molecule has 0 saturated carbocycles. The first kappa shape index (κ1) is 24.0. The molecule has 1 saturated heterocycles. The number of carbonyl (C=O) groups is 1. The summed E-state index contributed by atoms with van der Waals surface area (Å²) >= 11 is 0. The number of amides is 1. The Bertz CT molecular complexity index is 1340. The normalized spacial score (nSPS) is 17.1. The predicted octanol–water partition coefficient (Wildman–Crippen LogP) is 3.97. The minimum Gasteiger partial charge on any atom is -0.494 e. The Morgan fingerprint density at radius 1 is 1.09 bits per heavy atom. The predicted molar refractivity (Wildman–Crippen MR) is 131 cm³/mol. The molecule has 2 heterocycles. The van der Waals surface area contributed by atoms with Gasteiger partial charge in [-0.2, -0.15) is 0 Å². The molecule has 3 aromatic rings. The van der Waals surface area contributed by atoms with Gasteiger partial charge in [0.2, 0.25) is 0 Å². The number of sulfone groups is 1. The molecule has 8 heteroatoms. The van der Waals surface area contributed by atoms with Gasteiger partial charge in [0.05, 0.1) is 23.5 Å². The van der Waals surface area contributed by atoms with Gasteiger partial charge in [-0.1, -0.05) is 32.0 Å². The van der Waals surface area contributed by atoms with Crippen molar-refractivity contribution in [3.8, 4) is 5.75 Å². The first-order chi connectivity index (χ1) is 16.3. The average molecular weight is 484 g/mol. The van der Waals surface area contributed by atoms with Crippen LogP contribution >= 0.6 is 0 Å². The number of carbonyl (C=O) groups excluding carboxylic acids is 1. The SMILES string of the molecule is CCCOc1ccc(CN(C(=O)c2cc(=O)c3cc(CC)ccc3o2)[C@H]2CCS(=O)(=O)C2)cc1. The van der Waals surface area contributed by atoms with Crippen molar-refractivity contribution in [1.29, 1.82) is 0 Å². The van der Waals surface area contributed by atoms with Gasteiger partial charge in [0.25, 0.3) is 5.91 Å². The number of benzene rings is 2. The van der Waals surface area contributed by atoms with Crippen LogP contribution in [0.4, 0.5) is 0 Å². The van der Waals surface area contributed by atoms with E-state index in [4.69, 9.17) is 9.15 Å². The van der Waals surface area contributed by atoms with Crippen molar-refractivity contribution >= 4 is 26.7 Å². The molecule has 0 unspecified atom stereocenters. The second-order valence-corrected chi connectivity index (χ2v) is 10.9. The first-order valence-electron chi connectivity index (χ1n) is 11.6. The zero-order chi connectivity index (χ0) is 24.3. The molecule has 1 aromatic heterocycles. The average Bonchev–Trinajstić information content (AvgIpc) is 3.20. The minimum absolute atomic E-state index is 0.0344. The second kappa shape index (κ2) is 10.0. The third kappa shape index (κ3) is 5.33. The fourth-order valence-corrected chi connectivity index (χ4v) is 5.90. The molecule has 7 nitrogen and oxygen atoms in total. The molecule has 2 aromatic carbocycles. The quantitative estimate of drug-likeness (QED) is 0.481. The Morgan fingerprint density at radius 2 is 1.82 bits per heavy atom. The van der Waals surface area contributed by atoms with Crippen molar-refractivity contribution in [2.75, 3.05) is 18.1 Å². The maximum atomic E-state index is 13.5. The second-order valence-electron chi connectivity index (χ2n) is 8.64. The Hall–Kier alpha value is -3.13. The van der Waals surface area contributed by atoms with E-state index in [2.05, 4.69) is 0 Å². The van der Waals surface area contributed by atoms with E-state index in [0.717, 1.165) is 29.7 Å². The first-order valence-corrected chi connectivity index (χ1v) is 13.4. The molecule has 180 valence electrons. The van der Waals surface area contributed by atoms with Crippen LogP contribution in [-0.2, 0) is 22.8 Å². The monoisotopic (exact) mass is 483 g/mol. The van der Waals surface area contributed by atoms with Gasteiger partial charge < -0.3 is 14.1 Å². The van der Waals surface area contributed by atoms with Gasteiger partial charge in [-0.25, -0.2) is 8.42 Å². The number of ether oxygens (including phenoxy) is 1. The van der Waals surface area contributed by atoms with E-state index in [1.807, 2.05) is 44.2 Å². The smallest absolute Gasteiger partial charge is 0.290 e. The van der Waals surface area contributed by atoms with Crippen molar-refractivity contribution in [3.63, 3.8) is 0 Å². The maximum Gasteiger partial charge on any atom is 0.290 e. The molecule has 1 amide bonds. The molecule has 1 aliphatic rings. The van der Waals surface area contributed by atoms with E-state index in [9.17, 15) is 18.0 Å². The van der Waals surface area contributed by atoms with Crippen LogP contribution in [0.3, 0.4) is 0 Å². The molecular formula is C26H29NO6S. The summed E-state index contributed by atoms with van der Waals surface area (Å²) < 4.78 is 35.8. The summed E-state index contributed by atoms with van der Waals surface area (Å²) in [7, 11) is -3.22. The van der Waals surface area contributed by atoms with Gasteiger partial charge in [-0.15, -0.1) is 0 Å². The topological polar surface area (TPSA) is 93.9 Å². The fraction of sp³-hybridized carbons (Fsp3) is 0.385. The number of aryl methyl sites for hydroxylation is 1. The standard InChI is InChI=1S/C26H29NO6S/c1-3-12-32-21-8-5-19(6-9-21)16-27(20-11-13-34(30,31)17-20)26(29)25-15-23(28)22-14-18(4-2)7-10-24(22)33-25/h5-10,14-15,20H,3-4,11-13,16-17H2,1-2H3/t20-/m0/s1. The Balaban J connectivity index is 1.66. The molecule has 4 rings (SSSR count).